The predicted molar refractivity (Wildman–Crippen MR) is 42.8 cm³/mol. The van der Waals surface area contributed by atoms with Crippen molar-refractivity contribution in [3.8, 4) is 12.3 Å². The van der Waals surface area contributed by atoms with E-state index in [1.807, 2.05) is 0 Å². The van der Waals surface area contributed by atoms with Crippen LogP contribution in [0.15, 0.2) is 0 Å². The number of carboxylic acid groups (broad SMARTS) is 1. The lowest BCUT2D eigenvalue weighted by Gasteiger charge is -2.06. The molecule has 0 saturated carbocycles. The summed E-state index contributed by atoms with van der Waals surface area (Å²) < 4.78 is 0. The molecule has 0 aliphatic carbocycles. The third kappa shape index (κ3) is 4.40. The molecule has 2 atom stereocenters. The molecule has 0 aliphatic rings. The van der Waals surface area contributed by atoms with Crippen molar-refractivity contribution in [1.82, 2.24) is 0 Å². The van der Waals surface area contributed by atoms with Gasteiger partial charge in [-0.15, -0.1) is 6.42 Å². The van der Waals surface area contributed by atoms with Gasteiger partial charge in [-0.2, -0.15) is 0 Å². The lowest BCUT2D eigenvalue weighted by molar-refractivity contribution is -0.141. The van der Waals surface area contributed by atoms with E-state index in [0.29, 0.717) is 12.8 Å². The first-order valence-electron chi connectivity index (χ1n) is 3.52. The van der Waals surface area contributed by atoms with Crippen LogP contribution in [0.2, 0.25) is 0 Å². The van der Waals surface area contributed by atoms with E-state index < -0.39 is 5.97 Å². The van der Waals surface area contributed by atoms with Gasteiger partial charge in [-0.3, -0.25) is 4.79 Å². The number of rotatable bonds is 4. The molecule has 0 amide bonds. The molecule has 3 heteroatoms. The number of terminal acetylenes is 1. The zero-order valence-electron chi connectivity index (χ0n) is 6.58. The topological polar surface area (TPSA) is 63.3 Å². The molecule has 3 N–H and O–H groups in total. The Hall–Kier alpha value is -1.01. The van der Waals surface area contributed by atoms with Gasteiger partial charge in [0.25, 0.3) is 0 Å². The summed E-state index contributed by atoms with van der Waals surface area (Å²) in [6, 6.07) is -0.309. The number of carboxylic acids is 1. The standard InChI is InChI=1S/C8H13NO2/c1-3-7(9)5-4-6(2)8(10)11/h1,6-7H,4-5,9H2,2H3,(H,10,11). The summed E-state index contributed by atoms with van der Waals surface area (Å²) in [7, 11) is 0. The maximum atomic E-state index is 10.3. The third-order valence-corrected chi connectivity index (χ3v) is 1.55. The second kappa shape index (κ2) is 4.75. The van der Waals surface area contributed by atoms with Gasteiger partial charge in [0.15, 0.2) is 0 Å². The van der Waals surface area contributed by atoms with Crippen LogP contribution in [0, 0.1) is 18.3 Å². The minimum atomic E-state index is -0.797. The second-order valence-electron chi connectivity index (χ2n) is 2.59. The summed E-state index contributed by atoms with van der Waals surface area (Å²) in [5, 5.41) is 8.48. The molecule has 0 saturated heterocycles. The molecule has 0 rings (SSSR count). The van der Waals surface area contributed by atoms with Crippen LogP contribution in [0.5, 0.6) is 0 Å². The Balaban J connectivity index is 3.55. The molecular weight excluding hydrogens is 142 g/mol. The first kappa shape index (κ1) is 9.99. The van der Waals surface area contributed by atoms with Gasteiger partial charge in [0, 0.05) is 0 Å². The van der Waals surface area contributed by atoms with Crippen molar-refractivity contribution >= 4 is 5.97 Å². The SMILES string of the molecule is C#CC(N)CCC(C)C(=O)O. The molecule has 2 unspecified atom stereocenters. The highest BCUT2D eigenvalue weighted by atomic mass is 16.4. The summed E-state index contributed by atoms with van der Waals surface area (Å²) in [5.41, 5.74) is 5.39. The largest absolute Gasteiger partial charge is 0.481 e. The van der Waals surface area contributed by atoms with Gasteiger partial charge in [-0.05, 0) is 12.8 Å². The molecule has 0 aromatic rings. The third-order valence-electron chi connectivity index (χ3n) is 1.55. The summed E-state index contributed by atoms with van der Waals surface area (Å²) in [4.78, 5) is 10.3. The summed E-state index contributed by atoms with van der Waals surface area (Å²) in [5.74, 6) is 1.19. The minimum Gasteiger partial charge on any atom is -0.481 e. The number of aliphatic carboxylic acids is 1. The zero-order chi connectivity index (χ0) is 8.85. The van der Waals surface area contributed by atoms with Gasteiger partial charge in [-0.25, -0.2) is 0 Å². The van der Waals surface area contributed by atoms with Crippen LogP contribution in [-0.4, -0.2) is 17.1 Å². The first-order chi connectivity index (χ1) is 5.07. The van der Waals surface area contributed by atoms with Crippen LogP contribution < -0.4 is 5.73 Å². The van der Waals surface area contributed by atoms with E-state index in [-0.39, 0.29) is 12.0 Å². The van der Waals surface area contributed by atoms with Crippen LogP contribution in [0.25, 0.3) is 0 Å². The van der Waals surface area contributed by atoms with E-state index >= 15 is 0 Å². The molecule has 0 aromatic carbocycles. The van der Waals surface area contributed by atoms with Crippen molar-refractivity contribution in [1.29, 1.82) is 0 Å². The van der Waals surface area contributed by atoms with Crippen molar-refractivity contribution in [2.75, 3.05) is 0 Å². The van der Waals surface area contributed by atoms with Crippen molar-refractivity contribution in [3.05, 3.63) is 0 Å². The fraction of sp³-hybridized carbons (Fsp3) is 0.625. The fourth-order valence-electron chi connectivity index (χ4n) is 0.636. The average molecular weight is 155 g/mol. The summed E-state index contributed by atoms with van der Waals surface area (Å²) >= 11 is 0. The normalized spacial score (nSPS) is 15.0. The molecule has 62 valence electrons. The van der Waals surface area contributed by atoms with Gasteiger partial charge in [-0.1, -0.05) is 12.8 Å². The van der Waals surface area contributed by atoms with Crippen LogP contribution >= 0.6 is 0 Å². The van der Waals surface area contributed by atoms with Crippen LogP contribution in [0.4, 0.5) is 0 Å². The highest BCUT2D eigenvalue weighted by Crippen LogP contribution is 2.06. The molecule has 0 bridgehead atoms. The smallest absolute Gasteiger partial charge is 0.306 e. The van der Waals surface area contributed by atoms with E-state index in [9.17, 15) is 4.79 Å². The first-order valence-corrected chi connectivity index (χ1v) is 3.52. The van der Waals surface area contributed by atoms with Gasteiger partial charge < -0.3 is 10.8 Å². The van der Waals surface area contributed by atoms with Gasteiger partial charge >= 0.3 is 5.97 Å². The lowest BCUT2D eigenvalue weighted by Crippen LogP contribution is -2.20. The Morgan fingerprint density at radius 3 is 2.64 bits per heavy atom. The Bertz CT molecular complexity index is 171. The highest BCUT2D eigenvalue weighted by Gasteiger charge is 2.11. The Labute approximate surface area is 66.6 Å². The quantitative estimate of drug-likeness (QED) is 0.579. The van der Waals surface area contributed by atoms with Crippen molar-refractivity contribution in [2.45, 2.75) is 25.8 Å². The van der Waals surface area contributed by atoms with E-state index in [1.54, 1.807) is 6.92 Å². The average Bonchev–Trinajstić information content (AvgIpc) is 1.99. The Morgan fingerprint density at radius 1 is 1.73 bits per heavy atom. The molecule has 0 spiro atoms. The van der Waals surface area contributed by atoms with Crippen LogP contribution in [-0.2, 0) is 4.79 Å². The van der Waals surface area contributed by atoms with Gasteiger partial charge in [0.2, 0.25) is 0 Å². The van der Waals surface area contributed by atoms with Gasteiger partial charge in [0.1, 0.15) is 0 Å². The number of carbonyl (C=O) groups is 1. The van der Waals surface area contributed by atoms with E-state index in [4.69, 9.17) is 17.3 Å². The molecule has 3 nitrogen and oxygen atoms in total. The second-order valence-corrected chi connectivity index (χ2v) is 2.59. The summed E-state index contributed by atoms with van der Waals surface area (Å²) in [6.07, 6.45) is 6.13. The fourth-order valence-corrected chi connectivity index (χ4v) is 0.636. The molecular formula is C8H13NO2. The predicted octanol–water partition coefficient (Wildman–Crippen LogP) is 0.448. The van der Waals surface area contributed by atoms with Gasteiger partial charge in [0.05, 0.1) is 12.0 Å². The van der Waals surface area contributed by atoms with E-state index in [2.05, 4.69) is 5.92 Å². The Morgan fingerprint density at radius 2 is 2.27 bits per heavy atom. The molecule has 11 heavy (non-hydrogen) atoms. The van der Waals surface area contributed by atoms with Crippen LogP contribution in [0.1, 0.15) is 19.8 Å². The molecule has 0 aliphatic heterocycles. The van der Waals surface area contributed by atoms with Crippen molar-refractivity contribution in [2.24, 2.45) is 11.7 Å². The number of hydrogen-bond donors (Lipinski definition) is 2. The monoisotopic (exact) mass is 155 g/mol. The molecule has 0 radical (unpaired) electrons. The minimum absolute atomic E-state index is 0.309. The maximum absolute atomic E-state index is 10.3. The number of hydrogen-bond acceptors (Lipinski definition) is 2. The summed E-state index contributed by atoms with van der Waals surface area (Å²) in [6.45, 7) is 1.64. The van der Waals surface area contributed by atoms with E-state index in [1.165, 1.54) is 0 Å². The molecule has 0 fully saturated rings. The van der Waals surface area contributed by atoms with Crippen LogP contribution in [0.3, 0.4) is 0 Å². The number of nitrogens with two attached hydrogens (primary N) is 1. The van der Waals surface area contributed by atoms with E-state index in [0.717, 1.165) is 0 Å². The van der Waals surface area contributed by atoms with Crippen molar-refractivity contribution in [3.63, 3.8) is 0 Å². The Kier molecular flexibility index (Phi) is 4.32. The lowest BCUT2D eigenvalue weighted by atomic mass is 10.0. The zero-order valence-corrected chi connectivity index (χ0v) is 6.58. The maximum Gasteiger partial charge on any atom is 0.306 e. The molecule has 0 aromatic heterocycles. The highest BCUT2D eigenvalue weighted by molar-refractivity contribution is 5.69. The molecule has 0 heterocycles. The van der Waals surface area contributed by atoms with Crippen molar-refractivity contribution < 1.29 is 9.90 Å².